The molecule has 1 fully saturated rings. The molecule has 2 aromatic rings. The monoisotopic (exact) mass is 441 g/mol. The Morgan fingerprint density at radius 1 is 1.16 bits per heavy atom. The second kappa shape index (κ2) is 7.59. The van der Waals surface area contributed by atoms with Crippen molar-refractivity contribution in [2.75, 3.05) is 20.2 Å². The molecule has 0 N–H and O–H groups in total. The first kappa shape index (κ1) is 21.2. The van der Waals surface area contributed by atoms with Crippen molar-refractivity contribution < 1.29 is 31.9 Å². The quantitative estimate of drug-likeness (QED) is 0.666. The first-order valence-electron chi connectivity index (χ1n) is 9.53. The Bertz CT molecular complexity index is 1010. The summed E-state index contributed by atoms with van der Waals surface area (Å²) in [6.07, 6.45) is -5.76. The number of fused-ring (bicyclic) bond motifs is 1. The fraction of sp³-hybridized carbons (Fsp3) is 0.474. The number of benzene rings is 1. The molecule has 0 bridgehead atoms. The van der Waals surface area contributed by atoms with Crippen molar-refractivity contribution in [3.8, 4) is 0 Å². The van der Waals surface area contributed by atoms with Gasteiger partial charge < -0.3 is 19.1 Å². The molecule has 2 aliphatic heterocycles. The molecule has 12 heteroatoms. The molecule has 0 radical (unpaired) electrons. The zero-order valence-corrected chi connectivity index (χ0v) is 16.6. The highest BCUT2D eigenvalue weighted by molar-refractivity contribution is 5.86. The zero-order chi connectivity index (χ0) is 22.5. The molecule has 8 nitrogen and oxygen atoms in total. The topological polar surface area (TPSA) is 80.6 Å². The Balaban J connectivity index is 1.64. The van der Waals surface area contributed by atoms with Gasteiger partial charge in [-0.25, -0.2) is 4.39 Å². The minimum Gasteiger partial charge on any atom is -0.356 e. The van der Waals surface area contributed by atoms with Crippen molar-refractivity contribution in [1.29, 1.82) is 0 Å². The van der Waals surface area contributed by atoms with Crippen LogP contribution in [0.2, 0.25) is 0 Å². The fourth-order valence-electron chi connectivity index (χ4n) is 4.04. The van der Waals surface area contributed by atoms with Gasteiger partial charge in [0.25, 0.3) is 5.91 Å². The summed E-state index contributed by atoms with van der Waals surface area (Å²) in [4.78, 5) is 28.3. The number of morpholine rings is 1. The van der Waals surface area contributed by atoms with Gasteiger partial charge in [0.2, 0.25) is 11.7 Å². The fourth-order valence-corrected chi connectivity index (χ4v) is 4.04. The Morgan fingerprint density at radius 3 is 2.48 bits per heavy atom. The molecule has 2 amide bonds. The lowest BCUT2D eigenvalue weighted by atomic mass is 9.96. The minimum absolute atomic E-state index is 0.0121. The second-order valence-electron chi connectivity index (χ2n) is 7.47. The Labute approximate surface area is 174 Å². The lowest BCUT2D eigenvalue weighted by Crippen LogP contribution is -2.55. The largest absolute Gasteiger partial charge is 0.451 e. The summed E-state index contributed by atoms with van der Waals surface area (Å²) < 4.78 is 59.3. The van der Waals surface area contributed by atoms with Gasteiger partial charge in [-0.15, -0.1) is 10.2 Å². The molecule has 4 rings (SSSR count). The van der Waals surface area contributed by atoms with Gasteiger partial charge in [-0.1, -0.05) is 12.1 Å². The van der Waals surface area contributed by atoms with Crippen LogP contribution in [0.15, 0.2) is 24.3 Å². The lowest BCUT2D eigenvalue weighted by Gasteiger charge is -2.42. The van der Waals surface area contributed by atoms with Crippen molar-refractivity contribution in [2.24, 2.45) is 0 Å². The van der Waals surface area contributed by atoms with Gasteiger partial charge in [0.15, 0.2) is 11.9 Å². The summed E-state index contributed by atoms with van der Waals surface area (Å²) in [6, 6.07) is 3.76. The predicted octanol–water partition coefficient (Wildman–Crippen LogP) is 1.94. The number of rotatable bonds is 2. The van der Waals surface area contributed by atoms with Crippen molar-refractivity contribution in [2.45, 2.75) is 37.8 Å². The van der Waals surface area contributed by atoms with Crippen LogP contribution in [-0.2, 0) is 27.0 Å². The molecule has 3 atom stereocenters. The number of hydrogen-bond donors (Lipinski definition) is 0. The smallest absolute Gasteiger partial charge is 0.356 e. The van der Waals surface area contributed by atoms with E-state index in [1.54, 1.807) is 6.92 Å². The van der Waals surface area contributed by atoms with Crippen molar-refractivity contribution in [3.05, 3.63) is 47.3 Å². The standard InChI is InChI=1S/C19H19F4N5O3/c1-10-16-24-25-18(19(21,22)23)28(16)8-7-27(10)17(30)15-14(26(2)13(29)9-31-15)11-3-5-12(20)6-4-11/h3-6,10,14-15H,7-9H2,1-2H3. The van der Waals surface area contributed by atoms with Crippen molar-refractivity contribution in [3.63, 3.8) is 0 Å². The molecule has 2 aliphatic rings. The van der Waals surface area contributed by atoms with E-state index < -0.39 is 41.9 Å². The first-order valence-corrected chi connectivity index (χ1v) is 9.53. The first-order chi connectivity index (χ1) is 14.6. The third-order valence-corrected chi connectivity index (χ3v) is 5.66. The number of carbonyl (C=O) groups is 2. The van der Waals surface area contributed by atoms with Gasteiger partial charge in [0.1, 0.15) is 12.4 Å². The van der Waals surface area contributed by atoms with Gasteiger partial charge in [0.05, 0.1) is 12.1 Å². The highest BCUT2D eigenvalue weighted by atomic mass is 19.4. The number of alkyl halides is 3. The number of ether oxygens (including phenoxy) is 1. The van der Waals surface area contributed by atoms with E-state index in [-0.39, 0.29) is 31.4 Å². The molecule has 0 aliphatic carbocycles. The number of amides is 2. The van der Waals surface area contributed by atoms with E-state index in [1.165, 1.54) is 41.1 Å². The van der Waals surface area contributed by atoms with E-state index in [0.29, 0.717) is 5.56 Å². The number of hydrogen-bond acceptors (Lipinski definition) is 5. The second-order valence-corrected chi connectivity index (χ2v) is 7.47. The predicted molar refractivity (Wildman–Crippen MR) is 96.8 cm³/mol. The molecule has 1 aromatic carbocycles. The third kappa shape index (κ3) is 3.64. The Hall–Kier alpha value is -3.02. The van der Waals surface area contributed by atoms with Crippen LogP contribution in [0.1, 0.15) is 36.2 Å². The lowest BCUT2D eigenvalue weighted by molar-refractivity contribution is -0.169. The average Bonchev–Trinajstić information content (AvgIpc) is 3.16. The van der Waals surface area contributed by atoms with E-state index in [0.717, 1.165) is 4.57 Å². The summed E-state index contributed by atoms with van der Waals surface area (Å²) in [5.41, 5.74) is 0.502. The van der Waals surface area contributed by atoms with Crippen LogP contribution in [0.4, 0.5) is 17.6 Å². The molecule has 0 saturated carbocycles. The Morgan fingerprint density at radius 2 is 1.84 bits per heavy atom. The molecular weight excluding hydrogens is 422 g/mol. The van der Waals surface area contributed by atoms with Crippen LogP contribution in [-0.4, -0.2) is 62.7 Å². The van der Waals surface area contributed by atoms with Gasteiger partial charge in [-0.2, -0.15) is 13.2 Å². The summed E-state index contributed by atoms with van der Waals surface area (Å²) in [5, 5.41) is 6.90. The molecule has 3 unspecified atom stereocenters. The Kier molecular flexibility index (Phi) is 5.20. The van der Waals surface area contributed by atoms with E-state index >= 15 is 0 Å². The number of nitrogens with zero attached hydrogens (tertiary/aromatic N) is 5. The van der Waals surface area contributed by atoms with E-state index in [2.05, 4.69) is 10.2 Å². The molecule has 0 spiro atoms. The summed E-state index contributed by atoms with van der Waals surface area (Å²) in [6.45, 7) is 1.10. The van der Waals surface area contributed by atoms with Gasteiger partial charge >= 0.3 is 6.18 Å². The number of likely N-dealkylation sites (N-methyl/N-ethyl adjacent to an activating group) is 1. The molecule has 1 saturated heterocycles. The number of aromatic nitrogens is 3. The molecule has 3 heterocycles. The molecule has 1 aromatic heterocycles. The summed E-state index contributed by atoms with van der Waals surface area (Å²) >= 11 is 0. The van der Waals surface area contributed by atoms with Crippen LogP contribution in [0.25, 0.3) is 0 Å². The number of carbonyl (C=O) groups excluding carboxylic acids is 2. The van der Waals surface area contributed by atoms with Gasteiger partial charge in [-0.05, 0) is 24.6 Å². The SMILES string of the molecule is CC1c2nnc(C(F)(F)F)n2CCN1C(=O)C1OCC(=O)N(C)C1c1ccc(F)cc1. The third-order valence-electron chi connectivity index (χ3n) is 5.66. The molecule has 166 valence electrons. The van der Waals surface area contributed by atoms with Gasteiger partial charge in [0, 0.05) is 20.1 Å². The molecular formula is C19H19F4N5O3. The maximum Gasteiger partial charge on any atom is 0.451 e. The van der Waals surface area contributed by atoms with E-state index in [9.17, 15) is 27.2 Å². The maximum atomic E-state index is 13.4. The number of halogens is 4. The van der Waals surface area contributed by atoms with Crippen molar-refractivity contribution in [1.82, 2.24) is 24.6 Å². The van der Waals surface area contributed by atoms with Crippen LogP contribution in [0.3, 0.4) is 0 Å². The van der Waals surface area contributed by atoms with E-state index in [4.69, 9.17) is 4.74 Å². The van der Waals surface area contributed by atoms with Gasteiger partial charge in [-0.3, -0.25) is 9.59 Å². The van der Waals surface area contributed by atoms with Crippen LogP contribution >= 0.6 is 0 Å². The van der Waals surface area contributed by atoms with E-state index in [1.807, 2.05) is 0 Å². The highest BCUT2D eigenvalue weighted by Gasteiger charge is 2.46. The summed E-state index contributed by atoms with van der Waals surface area (Å²) in [7, 11) is 1.52. The van der Waals surface area contributed by atoms with Crippen LogP contribution in [0.5, 0.6) is 0 Å². The summed E-state index contributed by atoms with van der Waals surface area (Å²) in [5.74, 6) is -2.40. The molecule has 31 heavy (non-hydrogen) atoms. The van der Waals surface area contributed by atoms with Crippen LogP contribution in [0, 0.1) is 5.82 Å². The highest BCUT2D eigenvalue weighted by Crippen LogP contribution is 2.35. The minimum atomic E-state index is -4.65. The van der Waals surface area contributed by atoms with Crippen molar-refractivity contribution >= 4 is 11.8 Å². The normalized spacial score (nSPS) is 24.3. The zero-order valence-electron chi connectivity index (χ0n) is 16.6. The average molecular weight is 441 g/mol. The maximum absolute atomic E-state index is 13.4. The van der Waals surface area contributed by atoms with Crippen LogP contribution < -0.4 is 0 Å².